The molecular weight excluding hydrogens is 368 g/mol. The van der Waals surface area contributed by atoms with E-state index in [0.29, 0.717) is 22.3 Å². The monoisotopic (exact) mass is 380 g/mol. The summed E-state index contributed by atoms with van der Waals surface area (Å²) in [4.78, 5) is 0.206. The Labute approximate surface area is 136 Å². The van der Waals surface area contributed by atoms with Gasteiger partial charge in [-0.1, -0.05) is 28.1 Å². The summed E-state index contributed by atoms with van der Waals surface area (Å²) in [7, 11) is -1.98. The second kappa shape index (κ2) is 5.78. The van der Waals surface area contributed by atoms with E-state index in [1.54, 1.807) is 49.6 Å². The molecule has 4 nitrogen and oxygen atoms in total. The molecule has 0 spiro atoms. The van der Waals surface area contributed by atoms with Crippen molar-refractivity contribution in [3.63, 3.8) is 0 Å². The second-order valence-electron chi connectivity index (χ2n) is 4.81. The van der Waals surface area contributed by atoms with Gasteiger partial charge in [0.15, 0.2) is 9.84 Å². The van der Waals surface area contributed by atoms with E-state index >= 15 is 0 Å². The Morgan fingerprint density at radius 2 is 1.95 bits per heavy atom. The summed E-state index contributed by atoms with van der Waals surface area (Å²) >= 11 is 3.38. The molecule has 0 aliphatic rings. The van der Waals surface area contributed by atoms with Crippen molar-refractivity contribution in [3.05, 3.63) is 58.8 Å². The molecule has 0 amide bonds. The lowest BCUT2D eigenvalue weighted by atomic mass is 10.2. The molecular formula is C16H13BrO4S. The number of benzene rings is 2. The van der Waals surface area contributed by atoms with Crippen LogP contribution >= 0.6 is 15.9 Å². The summed E-state index contributed by atoms with van der Waals surface area (Å²) in [5.41, 5.74) is 1.20. The Morgan fingerprint density at radius 1 is 1.18 bits per heavy atom. The fraction of sp³-hybridized carbons (Fsp3) is 0.125. The standard InChI is InChI=1S/C16H13BrO4S/c1-20-12-6-7-14(17)11(8-12)10-22(18,19)16-9-21-15-5-3-2-4-13(15)16/h2-9H,10H2,1H3. The number of ether oxygens (including phenoxy) is 1. The molecule has 0 fully saturated rings. The maximum absolute atomic E-state index is 12.7. The van der Waals surface area contributed by atoms with Gasteiger partial charge in [0.25, 0.3) is 0 Å². The molecule has 0 aliphatic heterocycles. The number of halogens is 1. The molecule has 2 aromatic carbocycles. The van der Waals surface area contributed by atoms with Crippen LogP contribution in [-0.4, -0.2) is 15.5 Å². The van der Waals surface area contributed by atoms with Crippen molar-refractivity contribution >= 4 is 36.7 Å². The number of para-hydroxylation sites is 1. The van der Waals surface area contributed by atoms with Crippen molar-refractivity contribution in [1.82, 2.24) is 0 Å². The van der Waals surface area contributed by atoms with Gasteiger partial charge >= 0.3 is 0 Å². The molecule has 0 atom stereocenters. The molecule has 1 heterocycles. The number of rotatable bonds is 4. The van der Waals surface area contributed by atoms with Crippen LogP contribution in [0, 0.1) is 0 Å². The first-order valence-electron chi connectivity index (χ1n) is 6.52. The summed E-state index contributed by atoms with van der Waals surface area (Å²) < 4.78 is 36.6. The average molecular weight is 381 g/mol. The highest BCUT2D eigenvalue weighted by molar-refractivity contribution is 9.10. The third-order valence-corrected chi connectivity index (χ3v) is 5.83. The molecule has 0 saturated carbocycles. The maximum Gasteiger partial charge on any atom is 0.186 e. The van der Waals surface area contributed by atoms with Crippen LogP contribution in [0.5, 0.6) is 5.75 Å². The Kier molecular flexibility index (Phi) is 3.97. The zero-order chi connectivity index (χ0) is 15.7. The van der Waals surface area contributed by atoms with E-state index in [1.807, 2.05) is 0 Å². The molecule has 0 aliphatic carbocycles. The van der Waals surface area contributed by atoms with Crippen LogP contribution in [0.15, 0.2) is 62.5 Å². The molecule has 0 unspecified atom stereocenters. The SMILES string of the molecule is COc1ccc(Br)c(CS(=O)(=O)c2coc3ccccc23)c1. The van der Waals surface area contributed by atoms with Gasteiger partial charge < -0.3 is 9.15 Å². The van der Waals surface area contributed by atoms with Crippen LogP contribution in [0.1, 0.15) is 5.56 Å². The normalized spacial score (nSPS) is 11.7. The van der Waals surface area contributed by atoms with Gasteiger partial charge in [0.1, 0.15) is 22.5 Å². The van der Waals surface area contributed by atoms with Gasteiger partial charge in [0.05, 0.1) is 12.9 Å². The minimum atomic E-state index is -3.52. The Bertz CT molecular complexity index is 928. The van der Waals surface area contributed by atoms with Crippen LogP contribution in [0.25, 0.3) is 11.0 Å². The highest BCUT2D eigenvalue weighted by Crippen LogP contribution is 2.30. The van der Waals surface area contributed by atoms with Gasteiger partial charge in [-0.3, -0.25) is 0 Å². The van der Waals surface area contributed by atoms with E-state index in [-0.39, 0.29) is 10.6 Å². The first-order chi connectivity index (χ1) is 10.5. The lowest BCUT2D eigenvalue weighted by Crippen LogP contribution is -2.05. The molecule has 6 heteroatoms. The van der Waals surface area contributed by atoms with E-state index in [9.17, 15) is 8.42 Å². The summed E-state index contributed by atoms with van der Waals surface area (Å²) in [5, 5.41) is 0.599. The molecule has 1 aromatic heterocycles. The van der Waals surface area contributed by atoms with Crippen molar-refractivity contribution < 1.29 is 17.6 Å². The predicted molar refractivity (Wildman–Crippen MR) is 87.8 cm³/mol. The lowest BCUT2D eigenvalue weighted by Gasteiger charge is -2.08. The quantitative estimate of drug-likeness (QED) is 0.681. The predicted octanol–water partition coefficient (Wildman–Crippen LogP) is 4.18. The second-order valence-corrected chi connectivity index (χ2v) is 7.62. The van der Waals surface area contributed by atoms with Crippen molar-refractivity contribution in [2.75, 3.05) is 7.11 Å². The minimum Gasteiger partial charge on any atom is -0.497 e. The van der Waals surface area contributed by atoms with Gasteiger partial charge in [-0.25, -0.2) is 8.42 Å². The molecule has 0 bridgehead atoms. The Balaban J connectivity index is 2.04. The fourth-order valence-electron chi connectivity index (χ4n) is 2.27. The lowest BCUT2D eigenvalue weighted by molar-refractivity contribution is 0.414. The molecule has 3 rings (SSSR count). The third kappa shape index (κ3) is 2.76. The molecule has 22 heavy (non-hydrogen) atoms. The van der Waals surface area contributed by atoms with Crippen molar-refractivity contribution in [3.8, 4) is 5.75 Å². The van der Waals surface area contributed by atoms with E-state index in [1.165, 1.54) is 6.26 Å². The zero-order valence-electron chi connectivity index (χ0n) is 11.7. The van der Waals surface area contributed by atoms with Gasteiger partial charge in [0, 0.05) is 9.86 Å². The van der Waals surface area contributed by atoms with Gasteiger partial charge in [-0.2, -0.15) is 0 Å². The topological polar surface area (TPSA) is 56.5 Å². The van der Waals surface area contributed by atoms with Crippen LogP contribution in [0.4, 0.5) is 0 Å². The van der Waals surface area contributed by atoms with Gasteiger partial charge in [-0.15, -0.1) is 0 Å². The Morgan fingerprint density at radius 3 is 2.73 bits per heavy atom. The molecule has 114 valence electrons. The highest BCUT2D eigenvalue weighted by Gasteiger charge is 2.22. The van der Waals surface area contributed by atoms with E-state index in [0.717, 1.165) is 4.47 Å². The van der Waals surface area contributed by atoms with Crippen molar-refractivity contribution in [2.45, 2.75) is 10.6 Å². The first kappa shape index (κ1) is 15.1. The number of hydrogen-bond acceptors (Lipinski definition) is 4. The number of methoxy groups -OCH3 is 1. The highest BCUT2D eigenvalue weighted by atomic mass is 79.9. The fourth-order valence-corrected chi connectivity index (χ4v) is 4.34. The molecule has 0 radical (unpaired) electrons. The van der Waals surface area contributed by atoms with Crippen LogP contribution < -0.4 is 4.74 Å². The van der Waals surface area contributed by atoms with E-state index < -0.39 is 9.84 Å². The van der Waals surface area contributed by atoms with Gasteiger partial charge in [-0.05, 0) is 35.9 Å². The number of fused-ring (bicyclic) bond motifs is 1. The number of hydrogen-bond donors (Lipinski definition) is 0. The summed E-state index contributed by atoms with van der Waals surface area (Å²) in [5.74, 6) is 0.486. The third-order valence-electron chi connectivity index (χ3n) is 3.38. The van der Waals surface area contributed by atoms with E-state index in [4.69, 9.17) is 9.15 Å². The maximum atomic E-state index is 12.7. The molecule has 0 N–H and O–H groups in total. The first-order valence-corrected chi connectivity index (χ1v) is 8.97. The minimum absolute atomic E-state index is 0.131. The smallest absolute Gasteiger partial charge is 0.186 e. The average Bonchev–Trinajstić information content (AvgIpc) is 2.94. The van der Waals surface area contributed by atoms with Gasteiger partial charge in [0.2, 0.25) is 0 Å². The zero-order valence-corrected chi connectivity index (χ0v) is 14.1. The Hall–Kier alpha value is -1.79. The van der Waals surface area contributed by atoms with Crippen LogP contribution in [-0.2, 0) is 15.6 Å². The molecule has 3 aromatic rings. The van der Waals surface area contributed by atoms with Crippen molar-refractivity contribution in [2.24, 2.45) is 0 Å². The molecule has 0 saturated heterocycles. The number of sulfone groups is 1. The largest absolute Gasteiger partial charge is 0.497 e. The van der Waals surface area contributed by atoms with Crippen LogP contribution in [0.2, 0.25) is 0 Å². The van der Waals surface area contributed by atoms with Crippen LogP contribution in [0.3, 0.4) is 0 Å². The summed E-state index contributed by atoms with van der Waals surface area (Å²) in [6.07, 6.45) is 1.30. The number of furan rings is 1. The summed E-state index contributed by atoms with van der Waals surface area (Å²) in [6.45, 7) is 0. The van der Waals surface area contributed by atoms with Crippen molar-refractivity contribution in [1.29, 1.82) is 0 Å². The summed E-state index contributed by atoms with van der Waals surface area (Å²) in [6, 6.07) is 12.3. The van der Waals surface area contributed by atoms with E-state index in [2.05, 4.69) is 15.9 Å².